The van der Waals surface area contributed by atoms with E-state index in [0.717, 1.165) is 6.42 Å². The Bertz CT molecular complexity index is 435. The van der Waals surface area contributed by atoms with Gasteiger partial charge in [0, 0.05) is 6.04 Å². The van der Waals surface area contributed by atoms with Gasteiger partial charge in [-0.3, -0.25) is 0 Å². The highest BCUT2D eigenvalue weighted by molar-refractivity contribution is 5.34. The van der Waals surface area contributed by atoms with Crippen LogP contribution in [0.1, 0.15) is 46.5 Å². The van der Waals surface area contributed by atoms with E-state index >= 15 is 0 Å². The lowest BCUT2D eigenvalue weighted by Gasteiger charge is -2.39. The molecular formula is C13H23N5O. The molecule has 106 valence electrons. The minimum atomic E-state index is 0.189. The molecule has 6 heteroatoms. The van der Waals surface area contributed by atoms with Gasteiger partial charge in [0.15, 0.2) is 0 Å². The Morgan fingerprint density at radius 2 is 2.11 bits per heavy atom. The summed E-state index contributed by atoms with van der Waals surface area (Å²) in [6, 6.07) is 0.642. The van der Waals surface area contributed by atoms with E-state index in [1.165, 1.54) is 19.3 Å². The van der Waals surface area contributed by atoms with Crippen molar-refractivity contribution in [2.24, 2.45) is 5.41 Å². The average molecular weight is 265 g/mol. The van der Waals surface area contributed by atoms with Crippen molar-refractivity contribution in [2.45, 2.75) is 52.5 Å². The number of anilines is 2. The van der Waals surface area contributed by atoms with E-state index in [4.69, 9.17) is 10.5 Å². The van der Waals surface area contributed by atoms with Gasteiger partial charge in [0.2, 0.25) is 11.9 Å². The molecule has 1 fully saturated rings. The van der Waals surface area contributed by atoms with Gasteiger partial charge in [-0.05, 0) is 25.2 Å². The molecule has 3 N–H and O–H groups in total. The number of nitrogens with one attached hydrogen (secondary N) is 1. The van der Waals surface area contributed by atoms with Gasteiger partial charge in [-0.2, -0.15) is 15.0 Å². The van der Waals surface area contributed by atoms with Crippen molar-refractivity contribution in [3.63, 3.8) is 0 Å². The molecule has 1 unspecified atom stereocenters. The number of hydrogen-bond acceptors (Lipinski definition) is 6. The molecule has 0 aromatic carbocycles. The van der Waals surface area contributed by atoms with E-state index in [0.29, 0.717) is 18.6 Å². The molecule has 1 heterocycles. The first kappa shape index (κ1) is 13.8. The van der Waals surface area contributed by atoms with Crippen LogP contribution in [0.5, 0.6) is 6.01 Å². The molecule has 1 aliphatic rings. The molecule has 1 atom stereocenters. The monoisotopic (exact) mass is 265 g/mol. The zero-order valence-electron chi connectivity index (χ0n) is 11.9. The molecule has 0 radical (unpaired) electrons. The lowest BCUT2D eigenvalue weighted by molar-refractivity contribution is 0.216. The number of ether oxygens (including phenoxy) is 1. The van der Waals surface area contributed by atoms with E-state index in [9.17, 15) is 0 Å². The van der Waals surface area contributed by atoms with Crippen LogP contribution < -0.4 is 15.8 Å². The van der Waals surface area contributed by atoms with Crippen molar-refractivity contribution in [1.82, 2.24) is 15.0 Å². The maximum absolute atomic E-state index is 5.68. The predicted octanol–water partition coefficient (Wildman–Crippen LogP) is 2.23. The third kappa shape index (κ3) is 3.45. The van der Waals surface area contributed by atoms with Crippen LogP contribution in [-0.2, 0) is 0 Å². The van der Waals surface area contributed by atoms with Gasteiger partial charge in [0.1, 0.15) is 0 Å². The molecule has 0 bridgehead atoms. The van der Waals surface area contributed by atoms with E-state index < -0.39 is 0 Å². The second-order valence-electron chi connectivity index (χ2n) is 5.66. The van der Waals surface area contributed by atoms with Gasteiger partial charge in [0.05, 0.1) is 6.61 Å². The minimum absolute atomic E-state index is 0.189. The summed E-state index contributed by atoms with van der Waals surface area (Å²) in [6.45, 7) is 6.95. The fraction of sp³-hybridized carbons (Fsp3) is 0.769. The van der Waals surface area contributed by atoms with Gasteiger partial charge < -0.3 is 15.8 Å². The Morgan fingerprint density at radius 1 is 1.32 bits per heavy atom. The van der Waals surface area contributed by atoms with Gasteiger partial charge in [0.25, 0.3) is 0 Å². The van der Waals surface area contributed by atoms with Crippen LogP contribution in [0.15, 0.2) is 0 Å². The Morgan fingerprint density at radius 3 is 2.79 bits per heavy atom. The zero-order chi connectivity index (χ0) is 13.9. The van der Waals surface area contributed by atoms with Crippen LogP contribution in [0.3, 0.4) is 0 Å². The van der Waals surface area contributed by atoms with E-state index in [2.05, 4.69) is 34.1 Å². The highest BCUT2D eigenvalue weighted by Gasteiger charge is 2.32. The minimum Gasteiger partial charge on any atom is -0.464 e. The van der Waals surface area contributed by atoms with Crippen LogP contribution in [0.2, 0.25) is 0 Å². The first-order chi connectivity index (χ1) is 9.01. The summed E-state index contributed by atoms with van der Waals surface area (Å²) in [6.07, 6.45) is 4.86. The first-order valence-corrected chi connectivity index (χ1v) is 6.92. The third-order valence-corrected chi connectivity index (χ3v) is 3.72. The summed E-state index contributed by atoms with van der Waals surface area (Å²) in [5, 5.41) is 3.39. The quantitative estimate of drug-likeness (QED) is 0.868. The number of nitrogens with zero attached hydrogens (tertiary/aromatic N) is 3. The first-order valence-electron chi connectivity index (χ1n) is 6.92. The molecule has 0 amide bonds. The highest BCUT2D eigenvalue weighted by Crippen LogP contribution is 2.36. The largest absolute Gasteiger partial charge is 0.464 e. The summed E-state index contributed by atoms with van der Waals surface area (Å²) in [4.78, 5) is 12.3. The number of nitrogen functional groups attached to an aromatic ring is 1. The Kier molecular flexibility index (Phi) is 4.07. The Hall–Kier alpha value is -1.59. The summed E-state index contributed by atoms with van der Waals surface area (Å²) in [5.74, 6) is 0.700. The number of hydrogen-bond donors (Lipinski definition) is 2. The molecule has 6 nitrogen and oxygen atoms in total. The lowest BCUT2D eigenvalue weighted by atomic mass is 9.73. The normalized spacial score (nSPS) is 21.9. The predicted molar refractivity (Wildman–Crippen MR) is 75.1 cm³/mol. The third-order valence-electron chi connectivity index (χ3n) is 3.72. The molecule has 1 aromatic heterocycles. The van der Waals surface area contributed by atoms with Gasteiger partial charge in [-0.25, -0.2) is 0 Å². The smallest absolute Gasteiger partial charge is 0.323 e. The van der Waals surface area contributed by atoms with Crippen LogP contribution in [-0.4, -0.2) is 27.6 Å². The fourth-order valence-electron chi connectivity index (χ4n) is 2.55. The van der Waals surface area contributed by atoms with Gasteiger partial charge in [-0.15, -0.1) is 0 Å². The zero-order valence-corrected chi connectivity index (χ0v) is 11.9. The molecule has 0 spiro atoms. The second-order valence-corrected chi connectivity index (χ2v) is 5.66. The summed E-state index contributed by atoms with van der Waals surface area (Å²) < 4.78 is 5.29. The number of rotatable bonds is 4. The molecule has 1 saturated carbocycles. The molecule has 19 heavy (non-hydrogen) atoms. The van der Waals surface area contributed by atoms with E-state index in [1.807, 2.05) is 6.92 Å². The van der Waals surface area contributed by atoms with Gasteiger partial charge >= 0.3 is 6.01 Å². The standard InChI is InChI=1S/C13H23N5O/c1-4-19-12-17-10(14)16-11(18-12)15-9-7-5-6-8-13(9,2)3/h9H,4-8H2,1-3H3,(H3,14,15,16,17,18). The number of nitrogens with two attached hydrogens (primary N) is 1. The number of aromatic nitrogens is 3. The average Bonchev–Trinajstić information content (AvgIpc) is 2.31. The maximum atomic E-state index is 5.68. The SMILES string of the molecule is CCOc1nc(N)nc(NC2CCCCC2(C)C)n1. The summed E-state index contributed by atoms with van der Waals surface area (Å²) in [5.41, 5.74) is 5.92. The lowest BCUT2D eigenvalue weighted by Crippen LogP contribution is -2.39. The molecule has 0 saturated heterocycles. The van der Waals surface area contributed by atoms with Crippen LogP contribution >= 0.6 is 0 Å². The molecule has 1 aliphatic carbocycles. The molecule has 2 rings (SSSR count). The Balaban J connectivity index is 2.13. The van der Waals surface area contributed by atoms with E-state index in [1.54, 1.807) is 0 Å². The maximum Gasteiger partial charge on any atom is 0.323 e. The van der Waals surface area contributed by atoms with E-state index in [-0.39, 0.29) is 17.4 Å². The van der Waals surface area contributed by atoms with Crippen molar-refractivity contribution >= 4 is 11.9 Å². The highest BCUT2D eigenvalue weighted by atomic mass is 16.5. The topological polar surface area (TPSA) is 86.0 Å². The van der Waals surface area contributed by atoms with Crippen LogP contribution in [0, 0.1) is 5.41 Å². The van der Waals surface area contributed by atoms with Crippen LogP contribution in [0.4, 0.5) is 11.9 Å². The molecule has 0 aliphatic heterocycles. The molecule has 1 aromatic rings. The van der Waals surface area contributed by atoms with Crippen LogP contribution in [0.25, 0.3) is 0 Å². The van der Waals surface area contributed by atoms with Crippen molar-refractivity contribution in [2.75, 3.05) is 17.7 Å². The summed E-state index contributed by atoms with van der Waals surface area (Å²) in [7, 11) is 0. The van der Waals surface area contributed by atoms with Crippen molar-refractivity contribution in [3.05, 3.63) is 0 Å². The fourth-order valence-corrected chi connectivity index (χ4v) is 2.55. The van der Waals surface area contributed by atoms with Crippen molar-refractivity contribution in [3.8, 4) is 6.01 Å². The van der Waals surface area contributed by atoms with Gasteiger partial charge in [-0.1, -0.05) is 26.7 Å². The Labute approximate surface area is 114 Å². The van der Waals surface area contributed by atoms with Crippen molar-refractivity contribution < 1.29 is 4.74 Å². The second kappa shape index (κ2) is 5.59. The molecular weight excluding hydrogens is 242 g/mol. The van der Waals surface area contributed by atoms with Crippen molar-refractivity contribution in [1.29, 1.82) is 0 Å². The summed E-state index contributed by atoms with van der Waals surface area (Å²) >= 11 is 0.